The van der Waals surface area contributed by atoms with Crippen molar-refractivity contribution in [3.8, 4) is 5.75 Å². The van der Waals surface area contributed by atoms with E-state index in [-0.39, 0.29) is 47.7 Å². The molecule has 2 aromatic carbocycles. The van der Waals surface area contributed by atoms with E-state index in [0.717, 1.165) is 23.1 Å². The van der Waals surface area contributed by atoms with Gasteiger partial charge in [-0.2, -0.15) is 22.0 Å². The molecule has 1 saturated heterocycles. The zero-order valence-corrected chi connectivity index (χ0v) is 22.2. The van der Waals surface area contributed by atoms with E-state index in [9.17, 15) is 36.6 Å². The minimum atomic E-state index is -5.22. The van der Waals surface area contributed by atoms with Crippen molar-refractivity contribution >= 4 is 23.4 Å². The third-order valence-corrected chi connectivity index (χ3v) is 7.05. The maximum absolute atomic E-state index is 14.4. The first-order chi connectivity index (χ1) is 18.2. The number of likely N-dealkylation sites (tertiary alicyclic amines) is 1. The largest absolute Gasteiger partial charge is 0.433 e. The van der Waals surface area contributed by atoms with Crippen LogP contribution in [0.25, 0.3) is 0 Å². The minimum Gasteiger partial charge on any atom is -0.433 e. The molecule has 1 N–H and O–H groups in total. The quantitative estimate of drug-likeness (QED) is 0.379. The molecule has 3 rings (SSSR count). The number of hydrogen-bond donors (Lipinski definition) is 1. The molecule has 0 aliphatic carbocycles. The number of halogens is 6. The third kappa shape index (κ3) is 7.19. The first-order valence-corrected chi connectivity index (χ1v) is 12.8. The number of nitrogens with zero attached hydrogens (tertiary/aromatic N) is 2. The second-order valence-electron chi connectivity index (χ2n) is 9.78. The molecule has 0 unspecified atom stereocenters. The average Bonchev–Trinajstić information content (AvgIpc) is 2.87. The van der Waals surface area contributed by atoms with Gasteiger partial charge in [0.25, 0.3) is 17.4 Å². The van der Waals surface area contributed by atoms with E-state index in [2.05, 4.69) is 0 Å². The van der Waals surface area contributed by atoms with Crippen LogP contribution < -0.4 is 4.74 Å². The molecule has 12 heteroatoms. The molecule has 0 saturated carbocycles. The van der Waals surface area contributed by atoms with Crippen LogP contribution in [-0.4, -0.2) is 66.2 Å². The highest BCUT2D eigenvalue weighted by atomic mass is 35.5. The summed E-state index contributed by atoms with van der Waals surface area (Å²) >= 11 is 6.05. The van der Waals surface area contributed by atoms with Crippen LogP contribution >= 0.6 is 11.6 Å². The van der Waals surface area contributed by atoms with Crippen LogP contribution in [0.15, 0.2) is 48.5 Å². The Bertz CT molecular complexity index is 1150. The van der Waals surface area contributed by atoms with E-state index in [4.69, 9.17) is 16.3 Å². The molecule has 214 valence electrons. The fraction of sp³-hybridized carbons (Fsp3) is 0.481. The van der Waals surface area contributed by atoms with Crippen molar-refractivity contribution in [1.82, 2.24) is 9.80 Å². The van der Waals surface area contributed by atoms with Crippen LogP contribution in [0.3, 0.4) is 0 Å². The summed E-state index contributed by atoms with van der Waals surface area (Å²) in [6.07, 6.45) is -8.26. The lowest BCUT2D eigenvalue weighted by Gasteiger charge is -2.38. The van der Waals surface area contributed by atoms with Crippen LogP contribution in [0.1, 0.15) is 48.0 Å². The van der Waals surface area contributed by atoms with Gasteiger partial charge in [-0.15, -0.1) is 0 Å². The van der Waals surface area contributed by atoms with Gasteiger partial charge in [0.2, 0.25) is 0 Å². The maximum Gasteiger partial charge on any atom is 0.430 e. The standard InChI is InChI=1S/C27H30ClF5N2O4/c1-34(2)23(36)21-11-10-20(17-22(21)28)39-25(29,30)14-6-7-18-12-15-35(16-13-18)24(37)26(38,27(31,32)33)19-8-4-3-5-9-19/h3-5,8-11,17-18,38H,6-7,12-16H2,1-2H3/t26-/m1/s1. The topological polar surface area (TPSA) is 70.1 Å². The molecule has 1 aliphatic rings. The SMILES string of the molecule is CN(C)C(=O)c1ccc(OC(F)(F)CCCC2CCN(C(=O)[C@](O)(c3ccccc3)C(F)(F)F)CC2)cc1Cl. The summed E-state index contributed by atoms with van der Waals surface area (Å²) < 4.78 is 75.1. The molecule has 6 nitrogen and oxygen atoms in total. The predicted octanol–water partition coefficient (Wildman–Crippen LogP) is 5.87. The van der Waals surface area contributed by atoms with Gasteiger partial charge >= 0.3 is 12.3 Å². The number of rotatable bonds is 9. The zero-order valence-electron chi connectivity index (χ0n) is 21.5. The Morgan fingerprint density at radius 3 is 2.21 bits per heavy atom. The molecule has 0 spiro atoms. The summed E-state index contributed by atoms with van der Waals surface area (Å²) in [5.74, 6) is -2.10. The summed E-state index contributed by atoms with van der Waals surface area (Å²) in [5.41, 5.74) is -4.08. The van der Waals surface area contributed by atoms with Crippen molar-refractivity contribution in [3.63, 3.8) is 0 Å². The van der Waals surface area contributed by atoms with Crippen LogP contribution in [-0.2, 0) is 10.4 Å². The smallest absolute Gasteiger partial charge is 0.430 e. The second kappa shape index (κ2) is 12.1. The summed E-state index contributed by atoms with van der Waals surface area (Å²) in [6, 6.07) is 9.88. The van der Waals surface area contributed by atoms with E-state index in [1.165, 1.54) is 49.3 Å². The number of aliphatic hydroxyl groups is 1. The maximum atomic E-state index is 14.4. The molecule has 2 amide bonds. The van der Waals surface area contributed by atoms with Gasteiger partial charge in [0.1, 0.15) is 5.75 Å². The fourth-order valence-electron chi connectivity index (χ4n) is 4.53. The summed E-state index contributed by atoms with van der Waals surface area (Å²) in [5, 5.41) is 10.5. The van der Waals surface area contributed by atoms with E-state index < -0.39 is 35.8 Å². The van der Waals surface area contributed by atoms with E-state index in [1.54, 1.807) is 0 Å². The third-order valence-electron chi connectivity index (χ3n) is 6.74. The molecule has 2 aromatic rings. The number of carbonyl (C=O) groups is 2. The van der Waals surface area contributed by atoms with Crippen molar-refractivity contribution in [3.05, 3.63) is 64.7 Å². The molecule has 0 radical (unpaired) electrons. The van der Waals surface area contributed by atoms with E-state index in [0.29, 0.717) is 19.3 Å². The number of piperidine rings is 1. The lowest BCUT2D eigenvalue weighted by Crippen LogP contribution is -2.57. The summed E-state index contributed by atoms with van der Waals surface area (Å²) in [6.45, 7) is -0.0593. The van der Waals surface area contributed by atoms with Gasteiger partial charge in [0, 0.05) is 32.7 Å². The highest BCUT2D eigenvalue weighted by molar-refractivity contribution is 6.34. The molecule has 1 fully saturated rings. The molecular formula is C27H30ClF5N2O4. The van der Waals surface area contributed by atoms with Gasteiger partial charge in [-0.05, 0) is 49.8 Å². The lowest BCUT2D eigenvalue weighted by atomic mass is 9.88. The Morgan fingerprint density at radius 2 is 1.67 bits per heavy atom. The van der Waals surface area contributed by atoms with Gasteiger partial charge in [-0.3, -0.25) is 9.59 Å². The molecular weight excluding hydrogens is 547 g/mol. The number of amides is 2. The van der Waals surface area contributed by atoms with Gasteiger partial charge in [-0.25, -0.2) is 0 Å². The Hall–Kier alpha value is -2.92. The fourth-order valence-corrected chi connectivity index (χ4v) is 4.79. The average molecular weight is 577 g/mol. The van der Waals surface area contributed by atoms with Gasteiger partial charge < -0.3 is 19.6 Å². The monoisotopic (exact) mass is 576 g/mol. The molecule has 0 aromatic heterocycles. The van der Waals surface area contributed by atoms with Crippen LogP contribution in [0.4, 0.5) is 22.0 Å². The Labute approximate surface area is 228 Å². The Kier molecular flexibility index (Phi) is 9.48. The number of alkyl halides is 5. The zero-order chi connectivity index (χ0) is 29.0. The first-order valence-electron chi connectivity index (χ1n) is 12.4. The first kappa shape index (κ1) is 30.6. The van der Waals surface area contributed by atoms with Gasteiger partial charge in [0.05, 0.1) is 17.0 Å². The number of benzene rings is 2. The van der Waals surface area contributed by atoms with Crippen molar-refractivity contribution in [2.24, 2.45) is 5.92 Å². The van der Waals surface area contributed by atoms with E-state index >= 15 is 0 Å². The molecule has 0 bridgehead atoms. The normalized spacial score (nSPS) is 16.5. The number of ether oxygens (including phenoxy) is 1. The van der Waals surface area contributed by atoms with Crippen LogP contribution in [0.2, 0.25) is 5.02 Å². The highest BCUT2D eigenvalue weighted by Gasteiger charge is 2.62. The Morgan fingerprint density at radius 1 is 1.05 bits per heavy atom. The molecule has 1 aliphatic heterocycles. The summed E-state index contributed by atoms with van der Waals surface area (Å²) in [4.78, 5) is 27.1. The number of hydrogen-bond acceptors (Lipinski definition) is 4. The summed E-state index contributed by atoms with van der Waals surface area (Å²) in [7, 11) is 3.07. The van der Waals surface area contributed by atoms with Crippen molar-refractivity contribution in [2.45, 2.75) is 50.0 Å². The lowest BCUT2D eigenvalue weighted by molar-refractivity contribution is -0.262. The van der Waals surface area contributed by atoms with Gasteiger partial charge in [0.15, 0.2) is 0 Å². The highest BCUT2D eigenvalue weighted by Crippen LogP contribution is 2.41. The van der Waals surface area contributed by atoms with Crippen LogP contribution in [0.5, 0.6) is 5.75 Å². The second-order valence-corrected chi connectivity index (χ2v) is 10.2. The van der Waals surface area contributed by atoms with E-state index in [1.807, 2.05) is 0 Å². The van der Waals surface area contributed by atoms with Crippen molar-refractivity contribution < 1.29 is 41.4 Å². The van der Waals surface area contributed by atoms with Crippen LogP contribution in [0, 0.1) is 5.92 Å². The number of carbonyl (C=O) groups excluding carboxylic acids is 2. The molecule has 1 atom stereocenters. The van der Waals surface area contributed by atoms with Gasteiger partial charge in [-0.1, -0.05) is 41.9 Å². The van der Waals surface area contributed by atoms with Crippen molar-refractivity contribution in [1.29, 1.82) is 0 Å². The predicted molar refractivity (Wildman–Crippen MR) is 135 cm³/mol. The Balaban J connectivity index is 1.51. The van der Waals surface area contributed by atoms with Crippen molar-refractivity contribution in [2.75, 3.05) is 27.2 Å². The minimum absolute atomic E-state index is 0.0204. The molecule has 39 heavy (non-hydrogen) atoms. The molecule has 1 heterocycles.